The number of pyridine rings is 2. The zero-order valence-electron chi connectivity index (χ0n) is 24.9. The first kappa shape index (κ1) is 26.0. The smallest absolute Gasteiger partial charge is 0.263 e. The Labute approximate surface area is 253 Å². The lowest BCUT2D eigenvalue weighted by atomic mass is 9.83. The number of nitrogens with zero attached hydrogens (tertiary/aromatic N) is 4. The van der Waals surface area contributed by atoms with Crippen molar-refractivity contribution in [3.05, 3.63) is 58.9 Å². The average molecular weight is 585 g/mol. The van der Waals surface area contributed by atoms with Crippen LogP contribution in [0, 0.1) is 11.8 Å². The van der Waals surface area contributed by atoms with Crippen LogP contribution in [0.4, 0.5) is 0 Å². The molecule has 0 radical (unpaired) electrons. The molecular formula is C36H32N4O4. The third-order valence-corrected chi connectivity index (χ3v) is 11.1. The lowest BCUT2D eigenvalue weighted by molar-refractivity contribution is 0.0472. The van der Waals surface area contributed by atoms with E-state index in [2.05, 4.69) is 13.8 Å². The van der Waals surface area contributed by atoms with Crippen molar-refractivity contribution < 1.29 is 19.2 Å². The zero-order chi connectivity index (χ0) is 30.0. The van der Waals surface area contributed by atoms with Crippen molar-refractivity contribution in [2.45, 2.75) is 77.3 Å². The van der Waals surface area contributed by atoms with Crippen LogP contribution in [-0.4, -0.2) is 55.5 Å². The molecule has 8 heteroatoms. The third kappa shape index (κ3) is 3.28. The van der Waals surface area contributed by atoms with E-state index < -0.39 is 0 Å². The first-order valence-corrected chi connectivity index (χ1v) is 16.0. The van der Waals surface area contributed by atoms with Gasteiger partial charge in [0.15, 0.2) is 0 Å². The second-order valence-electron chi connectivity index (χ2n) is 13.7. The molecular weight excluding hydrogens is 552 g/mol. The van der Waals surface area contributed by atoms with Crippen LogP contribution >= 0.6 is 0 Å². The summed E-state index contributed by atoms with van der Waals surface area (Å²) >= 11 is 0. The summed E-state index contributed by atoms with van der Waals surface area (Å²) in [5.41, 5.74) is 3.19. The molecule has 220 valence electrons. The van der Waals surface area contributed by atoms with Crippen LogP contribution in [0.5, 0.6) is 0 Å². The molecule has 0 bridgehead atoms. The van der Waals surface area contributed by atoms with Gasteiger partial charge in [-0.2, -0.15) is 0 Å². The fourth-order valence-corrected chi connectivity index (χ4v) is 8.63. The Hall–Kier alpha value is -4.46. The molecule has 0 saturated heterocycles. The highest BCUT2D eigenvalue weighted by atomic mass is 16.2. The summed E-state index contributed by atoms with van der Waals surface area (Å²) in [7, 11) is 0. The molecule has 0 N–H and O–H groups in total. The number of aromatic nitrogens is 2. The average Bonchev–Trinajstić information content (AvgIpc) is 3.03. The SMILES string of the molecule is CC1CCC(N2C(=O)c3ccc4c5ncc6c7c(ccc(c8ncc(c3c48)C2=O)c75)C(=O)N(C2CCC(C)CC2)C6=O)CC1. The molecule has 44 heavy (non-hydrogen) atoms. The topological polar surface area (TPSA) is 101 Å². The Morgan fingerprint density at radius 2 is 0.864 bits per heavy atom. The lowest BCUT2D eigenvalue weighted by Crippen LogP contribution is -2.48. The molecule has 0 atom stereocenters. The molecule has 2 aromatic heterocycles. The second kappa shape index (κ2) is 9.03. The molecule has 4 aliphatic rings. The van der Waals surface area contributed by atoms with Gasteiger partial charge in [-0.15, -0.1) is 0 Å². The van der Waals surface area contributed by atoms with E-state index in [1.54, 1.807) is 12.4 Å². The molecule has 8 nitrogen and oxygen atoms in total. The van der Waals surface area contributed by atoms with Crippen molar-refractivity contribution in [1.82, 2.24) is 19.8 Å². The van der Waals surface area contributed by atoms with Crippen molar-refractivity contribution in [3.63, 3.8) is 0 Å². The number of carbonyl (C=O) groups is 4. The highest BCUT2D eigenvalue weighted by Gasteiger charge is 2.42. The molecule has 0 unspecified atom stereocenters. The molecule has 3 aromatic carbocycles. The Kier molecular flexibility index (Phi) is 5.34. The maximum atomic E-state index is 13.9. The quantitative estimate of drug-likeness (QED) is 0.127. The Bertz CT molecular complexity index is 1850. The van der Waals surface area contributed by atoms with Crippen molar-refractivity contribution in [2.75, 3.05) is 0 Å². The Morgan fingerprint density at radius 3 is 1.25 bits per heavy atom. The highest BCUT2D eigenvalue weighted by molar-refractivity contribution is 6.39. The van der Waals surface area contributed by atoms with Crippen LogP contribution in [0.3, 0.4) is 0 Å². The Morgan fingerprint density at radius 1 is 0.500 bits per heavy atom. The van der Waals surface area contributed by atoms with Crippen molar-refractivity contribution in [3.8, 4) is 0 Å². The summed E-state index contributed by atoms with van der Waals surface area (Å²) in [5.74, 6) is 0.142. The first-order chi connectivity index (χ1) is 21.3. The van der Waals surface area contributed by atoms with Gasteiger partial charge < -0.3 is 0 Å². The molecule has 2 aliphatic heterocycles. The molecule has 4 amide bonds. The molecule has 0 spiro atoms. The van der Waals surface area contributed by atoms with Crippen molar-refractivity contribution in [2.24, 2.45) is 11.8 Å². The number of hydrogen-bond acceptors (Lipinski definition) is 6. The van der Waals surface area contributed by atoms with E-state index in [0.29, 0.717) is 55.9 Å². The number of rotatable bonds is 2. The third-order valence-electron chi connectivity index (χ3n) is 11.1. The van der Waals surface area contributed by atoms with Gasteiger partial charge in [0.05, 0.1) is 22.2 Å². The molecule has 2 aliphatic carbocycles. The van der Waals surface area contributed by atoms with Crippen LogP contribution in [-0.2, 0) is 0 Å². The predicted octanol–water partition coefficient (Wildman–Crippen LogP) is 6.88. The number of imide groups is 2. The van der Waals surface area contributed by atoms with Crippen molar-refractivity contribution in [1.29, 1.82) is 0 Å². The van der Waals surface area contributed by atoms with Gasteiger partial charge in [0.1, 0.15) is 0 Å². The van der Waals surface area contributed by atoms with E-state index in [-0.39, 0.29) is 35.7 Å². The van der Waals surface area contributed by atoms with Gasteiger partial charge in [-0.05, 0) is 75.3 Å². The standard InChI is InChI=1S/C36H32N4O4/c1-17-3-7-19(8-4-17)39-33(41)23-13-11-21-29-27(23)25(35(39)43)15-37-31(29)22-12-14-24-28-26(16-38-32(21)30(22)28)36(44)40(34(24)42)20-9-5-18(2)6-10-20/h11-20H,3-10H2,1-2H3. The van der Waals surface area contributed by atoms with Crippen LogP contribution < -0.4 is 0 Å². The lowest BCUT2D eigenvalue weighted by Gasteiger charge is -2.37. The molecule has 2 fully saturated rings. The summed E-state index contributed by atoms with van der Waals surface area (Å²) in [6.45, 7) is 4.44. The number of benzene rings is 3. The van der Waals surface area contributed by atoms with Gasteiger partial charge in [-0.1, -0.05) is 26.0 Å². The van der Waals surface area contributed by atoms with Crippen LogP contribution in [0.2, 0.25) is 0 Å². The summed E-state index contributed by atoms with van der Waals surface area (Å²) in [6, 6.07) is 7.19. The number of fused-ring (bicyclic) bond motifs is 2. The number of hydrogen-bond donors (Lipinski definition) is 0. The Balaban J connectivity index is 1.25. The van der Waals surface area contributed by atoms with E-state index in [9.17, 15) is 19.2 Å². The monoisotopic (exact) mass is 584 g/mol. The van der Waals surface area contributed by atoms with Gasteiger partial charge >= 0.3 is 0 Å². The minimum absolute atomic E-state index is 0.105. The summed E-state index contributed by atoms with van der Waals surface area (Å²) in [5, 5.41) is 4.21. The van der Waals surface area contributed by atoms with Gasteiger partial charge in [0.2, 0.25) is 0 Å². The highest BCUT2D eigenvalue weighted by Crippen LogP contribution is 2.46. The van der Waals surface area contributed by atoms with E-state index in [0.717, 1.165) is 72.9 Å². The minimum atomic E-state index is -0.282. The van der Waals surface area contributed by atoms with E-state index in [4.69, 9.17) is 9.97 Å². The minimum Gasteiger partial charge on any atom is -0.271 e. The zero-order valence-corrected chi connectivity index (χ0v) is 24.9. The van der Waals surface area contributed by atoms with Crippen molar-refractivity contribution >= 4 is 67.0 Å². The maximum absolute atomic E-state index is 13.9. The van der Waals surface area contributed by atoms with E-state index in [1.807, 2.05) is 24.3 Å². The van der Waals surface area contributed by atoms with Gasteiger partial charge in [0.25, 0.3) is 23.6 Å². The normalized spacial score (nSPS) is 25.8. The fraction of sp³-hybridized carbons (Fsp3) is 0.389. The van der Waals surface area contributed by atoms with Crippen LogP contribution in [0.15, 0.2) is 36.7 Å². The molecule has 5 aromatic rings. The number of amides is 4. The van der Waals surface area contributed by atoms with E-state index >= 15 is 0 Å². The van der Waals surface area contributed by atoms with E-state index in [1.165, 1.54) is 9.80 Å². The van der Waals surface area contributed by atoms with Crippen LogP contribution in [0.25, 0.3) is 43.4 Å². The largest absolute Gasteiger partial charge is 0.271 e. The number of carbonyl (C=O) groups excluding carboxylic acids is 4. The van der Waals surface area contributed by atoms with Crippen LogP contribution in [0.1, 0.15) is 107 Å². The van der Waals surface area contributed by atoms with Gasteiger partial charge in [0, 0.05) is 67.9 Å². The second-order valence-corrected chi connectivity index (χ2v) is 13.7. The summed E-state index contributed by atoms with van der Waals surface area (Å²) in [4.78, 5) is 68.3. The molecule has 2 saturated carbocycles. The fourth-order valence-electron chi connectivity index (χ4n) is 8.63. The molecule has 9 rings (SSSR count). The van der Waals surface area contributed by atoms with Gasteiger partial charge in [-0.25, -0.2) is 0 Å². The maximum Gasteiger partial charge on any atom is 0.263 e. The summed E-state index contributed by atoms with van der Waals surface area (Å²) < 4.78 is 0. The first-order valence-electron chi connectivity index (χ1n) is 16.0. The van der Waals surface area contributed by atoms with Gasteiger partial charge in [-0.3, -0.25) is 38.9 Å². The summed E-state index contributed by atoms with van der Waals surface area (Å²) in [6.07, 6.45) is 10.5. The predicted molar refractivity (Wildman–Crippen MR) is 167 cm³/mol. The molecule has 4 heterocycles.